The number of pyridine rings is 1. The molecule has 36 heavy (non-hydrogen) atoms. The Morgan fingerprint density at radius 1 is 0.472 bits per heavy atom. The molecule has 0 spiro atoms. The number of hydrogen-bond donors (Lipinski definition) is 0. The Morgan fingerprint density at radius 3 is 1.33 bits per heavy atom. The lowest BCUT2D eigenvalue weighted by Gasteiger charge is -2.12. The van der Waals surface area contributed by atoms with E-state index in [9.17, 15) is 17.3 Å². The summed E-state index contributed by atoms with van der Waals surface area (Å²) in [6.45, 7) is 2.13. The molecule has 0 saturated carbocycles. The third kappa shape index (κ3) is 6.48. The van der Waals surface area contributed by atoms with E-state index in [1.165, 1.54) is 39.2 Å². The maximum atomic E-state index is 9.75. The van der Waals surface area contributed by atoms with E-state index >= 15 is 0 Å². The van der Waals surface area contributed by atoms with Crippen LogP contribution in [0.2, 0.25) is 0 Å². The summed E-state index contributed by atoms with van der Waals surface area (Å²) in [5, 5.41) is 0. The highest BCUT2D eigenvalue weighted by molar-refractivity contribution is 6.50. The Labute approximate surface area is 208 Å². The predicted octanol–water partition coefficient (Wildman–Crippen LogP) is 8.57. The van der Waals surface area contributed by atoms with Crippen LogP contribution in [0, 0.1) is 6.92 Å². The van der Waals surface area contributed by atoms with Crippen molar-refractivity contribution in [1.29, 1.82) is 0 Å². The van der Waals surface area contributed by atoms with Crippen molar-refractivity contribution in [3.63, 3.8) is 0 Å². The fourth-order valence-corrected chi connectivity index (χ4v) is 4.01. The van der Waals surface area contributed by atoms with E-state index in [0.717, 1.165) is 5.69 Å². The third-order valence-corrected chi connectivity index (χ3v) is 5.60. The smallest absolute Gasteiger partial charge is 0.418 e. The first kappa shape index (κ1) is 24.9. The standard InChI is InChI=1S/C30H24N.BF4/c1-23-17-19-26(20-18-23)30-22-27(24-11-5-2-6-12-24)21-29(25-13-7-3-8-14-25)31(30)28-15-9-4-10-16-28;2-1(3,4)5/h2-22H,1H3;/q+1;-1. The van der Waals surface area contributed by atoms with E-state index in [-0.39, 0.29) is 0 Å². The van der Waals surface area contributed by atoms with Crippen LogP contribution in [0.4, 0.5) is 17.3 Å². The molecule has 0 aliphatic carbocycles. The molecule has 1 aromatic heterocycles. The molecule has 5 aromatic rings. The number of para-hydroxylation sites is 1. The summed E-state index contributed by atoms with van der Waals surface area (Å²) in [4.78, 5) is 0. The van der Waals surface area contributed by atoms with Crippen molar-refractivity contribution < 1.29 is 21.8 Å². The predicted molar refractivity (Wildman–Crippen MR) is 139 cm³/mol. The van der Waals surface area contributed by atoms with Crippen LogP contribution in [0.15, 0.2) is 127 Å². The van der Waals surface area contributed by atoms with Crippen molar-refractivity contribution in [2.45, 2.75) is 6.92 Å². The average Bonchev–Trinajstić information content (AvgIpc) is 2.89. The number of aromatic nitrogens is 1. The number of hydrogen-bond acceptors (Lipinski definition) is 0. The molecule has 0 aliphatic heterocycles. The van der Waals surface area contributed by atoms with Crippen molar-refractivity contribution in [3.05, 3.63) is 133 Å². The monoisotopic (exact) mass is 485 g/mol. The summed E-state index contributed by atoms with van der Waals surface area (Å²) in [5.74, 6) is 0. The van der Waals surface area contributed by atoms with Crippen molar-refractivity contribution in [2.75, 3.05) is 0 Å². The Kier molecular flexibility index (Phi) is 7.64. The lowest BCUT2D eigenvalue weighted by atomic mass is 9.98. The maximum absolute atomic E-state index is 9.75. The van der Waals surface area contributed by atoms with Crippen molar-refractivity contribution in [3.8, 4) is 39.3 Å². The molecule has 0 atom stereocenters. The van der Waals surface area contributed by atoms with E-state index in [1.54, 1.807) is 0 Å². The minimum Gasteiger partial charge on any atom is -0.418 e. The minimum absolute atomic E-state index is 1.15. The second-order valence-corrected chi connectivity index (χ2v) is 8.28. The first-order valence-corrected chi connectivity index (χ1v) is 11.5. The van der Waals surface area contributed by atoms with Crippen LogP contribution in [-0.4, -0.2) is 7.25 Å². The van der Waals surface area contributed by atoms with Crippen molar-refractivity contribution >= 4 is 7.25 Å². The first-order valence-electron chi connectivity index (χ1n) is 11.5. The van der Waals surface area contributed by atoms with Gasteiger partial charge in [-0.2, -0.15) is 4.57 Å². The summed E-state index contributed by atoms with van der Waals surface area (Å²) >= 11 is 0. The van der Waals surface area contributed by atoms with Gasteiger partial charge in [0.15, 0.2) is 0 Å². The highest BCUT2D eigenvalue weighted by Gasteiger charge is 2.24. The fraction of sp³-hybridized carbons (Fsp3) is 0.0333. The van der Waals surface area contributed by atoms with Gasteiger partial charge in [-0.1, -0.05) is 84.4 Å². The van der Waals surface area contributed by atoms with E-state index in [4.69, 9.17) is 0 Å². The number of benzene rings is 4. The minimum atomic E-state index is -6.00. The van der Waals surface area contributed by atoms with Crippen LogP contribution in [0.25, 0.3) is 39.3 Å². The summed E-state index contributed by atoms with van der Waals surface area (Å²) < 4.78 is 41.4. The molecule has 0 saturated heterocycles. The molecule has 0 amide bonds. The fourth-order valence-electron chi connectivity index (χ4n) is 4.01. The second-order valence-electron chi connectivity index (χ2n) is 8.28. The number of halogens is 4. The molecular weight excluding hydrogens is 461 g/mol. The third-order valence-electron chi connectivity index (χ3n) is 5.60. The van der Waals surface area contributed by atoms with Gasteiger partial charge in [-0.15, -0.1) is 0 Å². The van der Waals surface area contributed by atoms with E-state index in [2.05, 4.69) is 139 Å². The van der Waals surface area contributed by atoms with Crippen LogP contribution in [0.5, 0.6) is 0 Å². The van der Waals surface area contributed by atoms with E-state index in [0.29, 0.717) is 0 Å². The molecule has 0 bridgehead atoms. The Balaban J connectivity index is 0.000000556. The Bertz CT molecular complexity index is 1400. The molecular formula is C30H24BF4N. The van der Waals surface area contributed by atoms with Gasteiger partial charge in [0, 0.05) is 35.4 Å². The van der Waals surface area contributed by atoms with Crippen LogP contribution >= 0.6 is 0 Å². The lowest BCUT2D eigenvalue weighted by molar-refractivity contribution is -0.572. The van der Waals surface area contributed by atoms with Crippen LogP contribution in [-0.2, 0) is 0 Å². The number of aryl methyl sites for hydroxylation is 1. The lowest BCUT2D eigenvalue weighted by Crippen LogP contribution is -2.36. The zero-order valence-corrected chi connectivity index (χ0v) is 19.7. The second kappa shape index (κ2) is 11.0. The van der Waals surface area contributed by atoms with Gasteiger partial charge in [-0.05, 0) is 42.3 Å². The first-order chi connectivity index (χ1) is 17.3. The average molecular weight is 485 g/mol. The van der Waals surface area contributed by atoms with Gasteiger partial charge >= 0.3 is 7.25 Å². The molecule has 0 radical (unpaired) electrons. The van der Waals surface area contributed by atoms with Crippen molar-refractivity contribution in [1.82, 2.24) is 0 Å². The molecule has 5 rings (SSSR count). The van der Waals surface area contributed by atoms with Gasteiger partial charge < -0.3 is 17.3 Å². The normalized spacial score (nSPS) is 10.9. The summed E-state index contributed by atoms with van der Waals surface area (Å²) in [7, 11) is -6.00. The topological polar surface area (TPSA) is 3.88 Å². The Morgan fingerprint density at radius 2 is 0.861 bits per heavy atom. The molecule has 0 N–H and O–H groups in total. The molecule has 6 heteroatoms. The Hall–Kier alpha value is -4.19. The van der Waals surface area contributed by atoms with Gasteiger partial charge in [0.05, 0.1) is 0 Å². The van der Waals surface area contributed by atoms with Gasteiger partial charge in [-0.25, -0.2) is 0 Å². The number of rotatable bonds is 4. The van der Waals surface area contributed by atoms with E-state index in [1.807, 2.05) is 0 Å². The highest BCUT2D eigenvalue weighted by atomic mass is 19.5. The summed E-state index contributed by atoms with van der Waals surface area (Å²) in [6, 6.07) is 45.3. The van der Waals surface area contributed by atoms with E-state index < -0.39 is 7.25 Å². The molecule has 4 aromatic carbocycles. The van der Waals surface area contributed by atoms with Gasteiger partial charge in [-0.3, -0.25) is 0 Å². The van der Waals surface area contributed by atoms with Crippen LogP contribution in [0.3, 0.4) is 0 Å². The SMILES string of the molecule is Cc1ccc(-c2cc(-c3ccccc3)cc(-c3ccccc3)[n+]2-c2ccccc2)cc1.F[B-](F)(F)F. The quantitative estimate of drug-likeness (QED) is 0.136. The summed E-state index contributed by atoms with van der Waals surface area (Å²) in [5.41, 5.74) is 9.57. The van der Waals surface area contributed by atoms with Gasteiger partial charge in [0.25, 0.3) is 0 Å². The highest BCUT2D eigenvalue weighted by Crippen LogP contribution is 2.30. The molecule has 0 aliphatic rings. The zero-order chi connectivity index (χ0) is 25.5. The van der Waals surface area contributed by atoms with Crippen LogP contribution in [0.1, 0.15) is 5.56 Å². The van der Waals surface area contributed by atoms with Crippen molar-refractivity contribution in [2.24, 2.45) is 0 Å². The molecule has 0 unspecified atom stereocenters. The molecule has 1 heterocycles. The molecule has 0 fully saturated rings. The summed E-state index contributed by atoms with van der Waals surface area (Å²) in [6.07, 6.45) is 0. The molecule has 180 valence electrons. The maximum Gasteiger partial charge on any atom is 0.673 e. The van der Waals surface area contributed by atoms with Gasteiger partial charge in [0.1, 0.15) is 0 Å². The van der Waals surface area contributed by atoms with Gasteiger partial charge in [0.2, 0.25) is 17.1 Å². The zero-order valence-electron chi connectivity index (χ0n) is 19.7. The van der Waals surface area contributed by atoms with Crippen LogP contribution < -0.4 is 4.57 Å². The molecule has 1 nitrogen and oxygen atoms in total. The number of nitrogens with zero attached hydrogens (tertiary/aromatic N) is 1. The largest absolute Gasteiger partial charge is 0.673 e.